The summed E-state index contributed by atoms with van der Waals surface area (Å²) in [6, 6.07) is 22.4. The van der Waals surface area contributed by atoms with E-state index in [0.29, 0.717) is 38.1 Å². The van der Waals surface area contributed by atoms with Gasteiger partial charge in [0, 0.05) is 35.3 Å². The number of nitrogens with one attached hydrogen (secondary N) is 3. The van der Waals surface area contributed by atoms with Crippen LogP contribution in [0.4, 0.5) is 9.59 Å². The monoisotopic (exact) mass is 703 g/mol. The van der Waals surface area contributed by atoms with Gasteiger partial charge in [-0.1, -0.05) is 94.4 Å². The number of benzene rings is 2. The van der Waals surface area contributed by atoms with Gasteiger partial charge in [0.15, 0.2) is 0 Å². The minimum Gasteiger partial charge on any atom is -0.444 e. The third-order valence-electron chi connectivity index (χ3n) is 8.14. The molecule has 4 rings (SSSR count). The average Bonchev–Trinajstić information content (AvgIpc) is 3.78. The molecule has 0 aliphatic heterocycles. The minimum atomic E-state index is -0.736. The summed E-state index contributed by atoms with van der Waals surface area (Å²) < 4.78 is 5.53. The zero-order valence-electron chi connectivity index (χ0n) is 29.1. The van der Waals surface area contributed by atoms with Crippen LogP contribution in [-0.4, -0.2) is 53.1 Å². The van der Waals surface area contributed by atoms with E-state index in [4.69, 9.17) is 4.74 Å². The van der Waals surface area contributed by atoms with Crippen molar-refractivity contribution in [1.82, 2.24) is 25.8 Å². The van der Waals surface area contributed by atoms with E-state index in [0.717, 1.165) is 26.7 Å². The van der Waals surface area contributed by atoms with Crippen LogP contribution in [0.3, 0.4) is 0 Å². The summed E-state index contributed by atoms with van der Waals surface area (Å²) in [6.07, 6.45) is 1.96. The second-order valence-electron chi connectivity index (χ2n) is 13.0. The Bertz CT molecular complexity index is 1580. The number of aromatic nitrogens is 1. The summed E-state index contributed by atoms with van der Waals surface area (Å²) in [5.41, 5.74) is 3.01. The van der Waals surface area contributed by atoms with Gasteiger partial charge in [0.1, 0.15) is 12.6 Å². The van der Waals surface area contributed by atoms with Crippen molar-refractivity contribution in [3.63, 3.8) is 0 Å². The Morgan fingerprint density at radius 2 is 1.41 bits per heavy atom. The number of carbonyl (C=O) groups excluding carboxylic acids is 3. The quantitative estimate of drug-likeness (QED) is 0.105. The fourth-order valence-corrected chi connectivity index (χ4v) is 6.88. The zero-order chi connectivity index (χ0) is 35.2. The number of thiazole rings is 1. The van der Waals surface area contributed by atoms with Gasteiger partial charge in [0.05, 0.1) is 17.2 Å². The van der Waals surface area contributed by atoms with Crippen LogP contribution in [-0.2, 0) is 35.5 Å². The number of hydrogen-bond acceptors (Lipinski definition) is 7. The van der Waals surface area contributed by atoms with Crippen molar-refractivity contribution in [3.05, 3.63) is 110 Å². The first-order valence-corrected chi connectivity index (χ1v) is 18.6. The molecule has 2 heterocycles. The molecule has 0 bridgehead atoms. The Labute approximate surface area is 298 Å². The second kappa shape index (κ2) is 19.1. The molecule has 2 aromatic heterocycles. The Balaban J connectivity index is 1.43. The van der Waals surface area contributed by atoms with Crippen LogP contribution in [0, 0.1) is 5.92 Å². The Morgan fingerprint density at radius 3 is 1.94 bits per heavy atom. The predicted molar refractivity (Wildman–Crippen MR) is 198 cm³/mol. The molecule has 9 nitrogen and oxygen atoms in total. The molecule has 3 N–H and O–H groups in total. The Kier molecular flexibility index (Phi) is 14.6. The van der Waals surface area contributed by atoms with Gasteiger partial charge in [0.25, 0.3) is 0 Å². The van der Waals surface area contributed by atoms with E-state index in [1.807, 2.05) is 97.4 Å². The van der Waals surface area contributed by atoms with Gasteiger partial charge < -0.3 is 25.6 Å². The molecular weight excluding hydrogens is 655 g/mol. The van der Waals surface area contributed by atoms with E-state index >= 15 is 0 Å². The molecule has 0 fully saturated rings. The van der Waals surface area contributed by atoms with Crippen LogP contribution in [0.25, 0.3) is 0 Å². The lowest BCUT2D eigenvalue weighted by atomic mass is 9.95. The second-order valence-corrected chi connectivity index (χ2v) is 14.9. The number of nitrogens with zero attached hydrogens (tertiary/aromatic N) is 2. The van der Waals surface area contributed by atoms with Crippen LogP contribution in [0.2, 0.25) is 0 Å². The first-order chi connectivity index (χ1) is 23.6. The molecule has 49 heavy (non-hydrogen) atoms. The summed E-state index contributed by atoms with van der Waals surface area (Å²) >= 11 is 3.13. The highest BCUT2D eigenvalue weighted by atomic mass is 32.1. The smallest absolute Gasteiger partial charge is 0.407 e. The van der Waals surface area contributed by atoms with E-state index < -0.39 is 12.1 Å². The summed E-state index contributed by atoms with van der Waals surface area (Å²) in [4.78, 5) is 47.2. The number of carbonyl (C=O) groups is 3. The van der Waals surface area contributed by atoms with Crippen LogP contribution in [0.5, 0.6) is 0 Å². The lowest BCUT2D eigenvalue weighted by molar-refractivity contribution is -0.124. The zero-order valence-corrected chi connectivity index (χ0v) is 30.7. The lowest BCUT2D eigenvalue weighted by Gasteiger charge is -2.28. The molecule has 4 amide bonds. The summed E-state index contributed by atoms with van der Waals surface area (Å²) in [5, 5.41) is 14.2. The van der Waals surface area contributed by atoms with E-state index in [1.165, 1.54) is 0 Å². The van der Waals surface area contributed by atoms with E-state index in [2.05, 4.69) is 34.8 Å². The number of thiophene rings is 1. The molecule has 262 valence electrons. The van der Waals surface area contributed by atoms with Crippen molar-refractivity contribution >= 4 is 40.7 Å². The maximum atomic E-state index is 13.8. The standard InChI is InChI=1S/C38H49N5O4S2/c1-26(2)34(42-37(45)43(5)23-32-25-49-36(40-32)27(3)4)35(44)39-30(21-28-13-8-6-9-14-28)18-19-31(22-29-15-10-7-11-16-29)41-38(46)47-24-33-17-12-20-48-33/h6-17,20,25-27,30-31,34H,18-19,21-24H2,1-5H3,(H,39,44)(H,41,46)(H,42,45). The molecule has 2 aromatic carbocycles. The molecule has 0 saturated carbocycles. The maximum Gasteiger partial charge on any atom is 0.407 e. The summed E-state index contributed by atoms with van der Waals surface area (Å²) in [5.74, 6) is -0.0612. The van der Waals surface area contributed by atoms with Crippen LogP contribution >= 0.6 is 22.7 Å². The van der Waals surface area contributed by atoms with Crippen LogP contribution in [0.15, 0.2) is 83.6 Å². The lowest BCUT2D eigenvalue weighted by Crippen LogP contribution is -2.54. The number of ether oxygens (including phenoxy) is 1. The highest BCUT2D eigenvalue weighted by molar-refractivity contribution is 7.10. The first kappa shape index (κ1) is 37.6. The molecule has 0 saturated heterocycles. The normalized spacial score (nSPS) is 13.0. The average molecular weight is 704 g/mol. The number of alkyl carbamates (subject to hydrolysis) is 1. The van der Waals surface area contributed by atoms with Gasteiger partial charge >= 0.3 is 12.1 Å². The van der Waals surface area contributed by atoms with Crippen molar-refractivity contribution in [3.8, 4) is 0 Å². The SMILES string of the molecule is CC(C)c1nc(CN(C)C(=O)NC(C(=O)NC(CCC(Cc2ccccc2)NC(=O)OCc2cccs2)Cc2ccccc2)C(C)C)cs1. The van der Waals surface area contributed by atoms with Crippen molar-refractivity contribution in [2.45, 2.75) is 90.6 Å². The number of rotatable bonds is 17. The molecular formula is C38H49N5O4S2. The van der Waals surface area contributed by atoms with E-state index in [1.54, 1.807) is 34.6 Å². The predicted octanol–water partition coefficient (Wildman–Crippen LogP) is 7.54. The molecule has 4 aromatic rings. The third-order valence-corrected chi connectivity index (χ3v) is 10.2. The topological polar surface area (TPSA) is 113 Å². The Morgan fingerprint density at radius 1 is 0.796 bits per heavy atom. The van der Waals surface area contributed by atoms with Gasteiger partial charge in [-0.25, -0.2) is 14.6 Å². The number of amides is 4. The fraction of sp³-hybridized carbons (Fsp3) is 0.421. The highest BCUT2D eigenvalue weighted by Crippen LogP contribution is 2.20. The molecule has 0 spiro atoms. The van der Waals surface area contributed by atoms with Gasteiger partial charge in [0.2, 0.25) is 5.91 Å². The van der Waals surface area contributed by atoms with Gasteiger partial charge in [-0.15, -0.1) is 22.7 Å². The van der Waals surface area contributed by atoms with Crippen molar-refractivity contribution in [2.75, 3.05) is 7.05 Å². The number of hydrogen-bond donors (Lipinski definition) is 3. The maximum absolute atomic E-state index is 13.8. The molecule has 3 atom stereocenters. The van der Waals surface area contributed by atoms with Crippen molar-refractivity contribution in [1.29, 1.82) is 0 Å². The van der Waals surface area contributed by atoms with Crippen LogP contribution in [0.1, 0.15) is 73.2 Å². The molecule has 0 aliphatic rings. The van der Waals surface area contributed by atoms with Crippen molar-refractivity contribution < 1.29 is 19.1 Å². The minimum absolute atomic E-state index is 0.146. The van der Waals surface area contributed by atoms with Gasteiger partial charge in [-0.05, 0) is 54.2 Å². The first-order valence-electron chi connectivity index (χ1n) is 16.9. The van der Waals surface area contributed by atoms with Crippen molar-refractivity contribution in [2.24, 2.45) is 5.92 Å². The van der Waals surface area contributed by atoms with Gasteiger partial charge in [-0.2, -0.15) is 0 Å². The van der Waals surface area contributed by atoms with Crippen LogP contribution < -0.4 is 16.0 Å². The fourth-order valence-electron chi connectivity index (χ4n) is 5.43. The molecule has 0 aliphatic carbocycles. The molecule has 11 heteroatoms. The summed E-state index contributed by atoms with van der Waals surface area (Å²) in [7, 11) is 1.71. The van der Waals surface area contributed by atoms with E-state index in [9.17, 15) is 14.4 Å². The molecule has 0 radical (unpaired) electrons. The summed E-state index contributed by atoms with van der Waals surface area (Å²) in [6.45, 7) is 8.61. The van der Waals surface area contributed by atoms with E-state index in [-0.39, 0.29) is 36.5 Å². The Hall–Kier alpha value is -4.22. The molecule has 3 unspecified atom stereocenters. The highest BCUT2D eigenvalue weighted by Gasteiger charge is 2.28. The largest absolute Gasteiger partial charge is 0.444 e. The third kappa shape index (κ3) is 12.6. The van der Waals surface area contributed by atoms with Gasteiger partial charge in [-0.3, -0.25) is 4.79 Å². The number of urea groups is 1.